The molecule has 1 amide bonds. The van der Waals surface area contributed by atoms with Crippen molar-refractivity contribution in [2.75, 3.05) is 34.0 Å². The molecule has 0 unspecified atom stereocenters. The maximum Gasteiger partial charge on any atom is 0.295 e. The van der Waals surface area contributed by atoms with Gasteiger partial charge in [-0.1, -0.05) is 6.07 Å². The number of phenols is 1. The van der Waals surface area contributed by atoms with Crippen molar-refractivity contribution in [3.63, 3.8) is 0 Å². The topological polar surface area (TPSA) is 106 Å². The van der Waals surface area contributed by atoms with Crippen molar-refractivity contribution in [3.8, 4) is 17.2 Å². The third-order valence-corrected chi connectivity index (χ3v) is 5.04. The van der Waals surface area contributed by atoms with Gasteiger partial charge >= 0.3 is 0 Å². The van der Waals surface area contributed by atoms with E-state index in [0.29, 0.717) is 23.5 Å². The first-order valence-corrected chi connectivity index (χ1v) is 9.80. The van der Waals surface area contributed by atoms with E-state index in [2.05, 4.69) is 0 Å². The average molecular weight is 427 g/mol. The summed E-state index contributed by atoms with van der Waals surface area (Å²) in [6.07, 6.45) is 0. The minimum absolute atomic E-state index is 0.0422. The van der Waals surface area contributed by atoms with Crippen LogP contribution in [0.5, 0.6) is 17.2 Å². The molecule has 2 N–H and O–H groups in total. The second-order valence-corrected chi connectivity index (χ2v) is 6.87. The Balaban J connectivity index is 2.16. The van der Waals surface area contributed by atoms with Crippen molar-refractivity contribution in [2.24, 2.45) is 0 Å². The molecule has 1 fully saturated rings. The summed E-state index contributed by atoms with van der Waals surface area (Å²) in [5.41, 5.74) is 0.852. The lowest BCUT2D eigenvalue weighted by Gasteiger charge is -2.25. The van der Waals surface area contributed by atoms with E-state index in [1.807, 2.05) is 0 Å². The molecular weight excluding hydrogens is 402 g/mol. The minimum atomic E-state index is -0.864. The molecular formula is C23H25NO7. The number of benzene rings is 2. The smallest absolute Gasteiger partial charge is 0.295 e. The second-order valence-electron chi connectivity index (χ2n) is 6.87. The normalized spacial score (nSPS) is 17.8. The van der Waals surface area contributed by atoms with Gasteiger partial charge in [0.2, 0.25) is 0 Å². The number of Topliss-reactive ketones (excluding diaryl/α,β-unsaturated/α-hetero) is 1. The maximum atomic E-state index is 12.9. The van der Waals surface area contributed by atoms with E-state index in [4.69, 9.17) is 14.2 Å². The Morgan fingerprint density at radius 1 is 1.10 bits per heavy atom. The summed E-state index contributed by atoms with van der Waals surface area (Å²) in [5.74, 6) is -1.06. The standard InChI is InChI=1S/C23H25NO7/c1-4-31-18-13-15(7-10-17(18)25)20-19(22(27)23(28)24(20)11-12-29-2)21(26)14-5-8-16(30-3)9-6-14/h5-10,13,20,25-26H,4,11-12H2,1-3H3/b21-19+/t20-/m1/s1. The van der Waals surface area contributed by atoms with Crippen molar-refractivity contribution in [1.82, 2.24) is 4.90 Å². The number of nitrogens with zero attached hydrogens (tertiary/aromatic N) is 1. The van der Waals surface area contributed by atoms with Crippen LogP contribution in [0.4, 0.5) is 0 Å². The van der Waals surface area contributed by atoms with Gasteiger partial charge < -0.3 is 29.3 Å². The van der Waals surface area contributed by atoms with Gasteiger partial charge in [-0.3, -0.25) is 9.59 Å². The zero-order valence-electron chi connectivity index (χ0n) is 17.6. The Labute approximate surface area is 180 Å². The highest BCUT2D eigenvalue weighted by atomic mass is 16.5. The zero-order valence-corrected chi connectivity index (χ0v) is 17.6. The van der Waals surface area contributed by atoms with Gasteiger partial charge in [-0.25, -0.2) is 0 Å². The van der Waals surface area contributed by atoms with Crippen LogP contribution < -0.4 is 9.47 Å². The Morgan fingerprint density at radius 2 is 1.81 bits per heavy atom. The van der Waals surface area contributed by atoms with Gasteiger partial charge in [0, 0.05) is 19.2 Å². The van der Waals surface area contributed by atoms with Crippen LogP contribution in [0.2, 0.25) is 0 Å². The van der Waals surface area contributed by atoms with E-state index < -0.39 is 17.7 Å². The predicted octanol–water partition coefficient (Wildman–Crippen LogP) is 2.87. The summed E-state index contributed by atoms with van der Waals surface area (Å²) >= 11 is 0. The number of aliphatic hydroxyl groups is 1. The maximum absolute atomic E-state index is 12.9. The van der Waals surface area contributed by atoms with Crippen LogP contribution in [0.15, 0.2) is 48.0 Å². The molecule has 8 heteroatoms. The van der Waals surface area contributed by atoms with E-state index in [1.54, 1.807) is 43.3 Å². The number of carbonyl (C=O) groups excluding carboxylic acids is 2. The molecule has 1 saturated heterocycles. The van der Waals surface area contributed by atoms with Crippen LogP contribution in [-0.2, 0) is 14.3 Å². The molecule has 0 bridgehead atoms. The average Bonchev–Trinajstić information content (AvgIpc) is 3.03. The first-order chi connectivity index (χ1) is 14.9. The summed E-state index contributed by atoms with van der Waals surface area (Å²) in [7, 11) is 3.02. The summed E-state index contributed by atoms with van der Waals surface area (Å²) in [6.45, 7) is 2.46. The highest BCUT2D eigenvalue weighted by molar-refractivity contribution is 6.46. The molecule has 1 heterocycles. The second kappa shape index (κ2) is 9.53. The summed E-state index contributed by atoms with van der Waals surface area (Å²) in [4.78, 5) is 27.1. The molecule has 1 aliphatic heterocycles. The molecule has 8 nitrogen and oxygen atoms in total. The monoisotopic (exact) mass is 427 g/mol. The molecule has 0 saturated carbocycles. The number of aromatic hydroxyl groups is 1. The number of amides is 1. The van der Waals surface area contributed by atoms with Crippen molar-refractivity contribution in [2.45, 2.75) is 13.0 Å². The highest BCUT2D eigenvalue weighted by Gasteiger charge is 2.46. The third kappa shape index (κ3) is 4.34. The molecule has 1 atom stereocenters. The van der Waals surface area contributed by atoms with Crippen LogP contribution in [0.3, 0.4) is 0 Å². The summed E-state index contributed by atoms with van der Waals surface area (Å²) in [6, 6.07) is 10.2. The minimum Gasteiger partial charge on any atom is -0.507 e. The molecule has 2 aromatic carbocycles. The number of hydrogen-bond acceptors (Lipinski definition) is 7. The first-order valence-electron chi connectivity index (χ1n) is 9.80. The fourth-order valence-electron chi connectivity index (χ4n) is 3.52. The lowest BCUT2D eigenvalue weighted by Crippen LogP contribution is -2.32. The van der Waals surface area contributed by atoms with Crippen LogP contribution in [-0.4, -0.2) is 60.8 Å². The Bertz CT molecular complexity index is 997. The number of ether oxygens (including phenoxy) is 3. The number of carbonyl (C=O) groups is 2. The van der Waals surface area contributed by atoms with Crippen molar-refractivity contribution >= 4 is 17.4 Å². The van der Waals surface area contributed by atoms with Gasteiger partial charge in [0.15, 0.2) is 11.5 Å². The Morgan fingerprint density at radius 3 is 2.42 bits per heavy atom. The number of hydrogen-bond donors (Lipinski definition) is 2. The lowest BCUT2D eigenvalue weighted by molar-refractivity contribution is -0.140. The largest absolute Gasteiger partial charge is 0.507 e. The van der Waals surface area contributed by atoms with E-state index in [1.165, 1.54) is 25.2 Å². The highest BCUT2D eigenvalue weighted by Crippen LogP contribution is 2.41. The number of ketones is 1. The number of aliphatic hydroxyl groups excluding tert-OH is 1. The van der Waals surface area contributed by atoms with Crippen molar-refractivity contribution < 1.29 is 34.0 Å². The number of likely N-dealkylation sites (tertiary alicyclic amines) is 1. The molecule has 3 rings (SSSR count). The number of phenolic OH excluding ortho intramolecular Hbond substituents is 1. The van der Waals surface area contributed by atoms with Gasteiger partial charge in [-0.05, 0) is 48.9 Å². The van der Waals surface area contributed by atoms with Crippen LogP contribution in [0.25, 0.3) is 5.76 Å². The summed E-state index contributed by atoms with van der Waals surface area (Å²) in [5, 5.41) is 21.1. The molecule has 31 heavy (non-hydrogen) atoms. The molecule has 2 aromatic rings. The summed E-state index contributed by atoms with van der Waals surface area (Å²) < 4.78 is 15.7. The lowest BCUT2D eigenvalue weighted by atomic mass is 9.95. The molecule has 0 radical (unpaired) electrons. The molecule has 0 aromatic heterocycles. The van der Waals surface area contributed by atoms with Crippen LogP contribution in [0, 0.1) is 0 Å². The molecule has 0 spiro atoms. The number of methoxy groups -OCH3 is 2. The molecule has 0 aliphatic carbocycles. The van der Waals surface area contributed by atoms with Gasteiger partial charge in [0.05, 0.1) is 31.9 Å². The first kappa shape index (κ1) is 22.2. The van der Waals surface area contributed by atoms with Gasteiger partial charge in [0.25, 0.3) is 11.7 Å². The van der Waals surface area contributed by atoms with Crippen LogP contribution >= 0.6 is 0 Å². The quantitative estimate of drug-likeness (QED) is 0.379. The Hall–Kier alpha value is -3.52. The van der Waals surface area contributed by atoms with E-state index >= 15 is 0 Å². The predicted molar refractivity (Wildman–Crippen MR) is 113 cm³/mol. The van der Waals surface area contributed by atoms with Gasteiger partial charge in [-0.2, -0.15) is 0 Å². The van der Waals surface area contributed by atoms with E-state index in [9.17, 15) is 19.8 Å². The van der Waals surface area contributed by atoms with Crippen molar-refractivity contribution in [3.05, 3.63) is 59.2 Å². The van der Waals surface area contributed by atoms with Gasteiger partial charge in [0.1, 0.15) is 11.5 Å². The zero-order chi connectivity index (χ0) is 22.5. The van der Waals surface area contributed by atoms with Gasteiger partial charge in [-0.15, -0.1) is 0 Å². The SMILES string of the molecule is CCOc1cc([C@@H]2/C(=C(\O)c3ccc(OC)cc3)C(=O)C(=O)N2CCOC)ccc1O. The number of rotatable bonds is 8. The van der Waals surface area contributed by atoms with Crippen LogP contribution in [0.1, 0.15) is 24.1 Å². The van der Waals surface area contributed by atoms with E-state index in [-0.39, 0.29) is 36.0 Å². The third-order valence-electron chi connectivity index (χ3n) is 5.04. The molecule has 164 valence electrons. The molecule has 1 aliphatic rings. The fraction of sp³-hybridized carbons (Fsp3) is 0.304. The van der Waals surface area contributed by atoms with Crippen molar-refractivity contribution in [1.29, 1.82) is 0 Å². The Kier molecular flexibility index (Phi) is 6.81. The fourth-order valence-corrected chi connectivity index (χ4v) is 3.52. The van der Waals surface area contributed by atoms with E-state index in [0.717, 1.165) is 0 Å².